The Bertz CT molecular complexity index is 314. The minimum Gasteiger partial charge on any atom is -0.372 e. The van der Waals surface area contributed by atoms with Crippen molar-refractivity contribution in [2.24, 2.45) is 0 Å². The lowest BCUT2D eigenvalue weighted by Gasteiger charge is -2.16. The number of carbonyl (C=O) groups is 1. The first-order valence-electron chi connectivity index (χ1n) is 4.89. The molecule has 0 radical (unpaired) electrons. The van der Waals surface area contributed by atoms with E-state index < -0.39 is 6.10 Å². The number of pyridine rings is 1. The van der Waals surface area contributed by atoms with Crippen molar-refractivity contribution in [1.29, 1.82) is 0 Å². The first-order valence-corrected chi connectivity index (χ1v) is 4.89. The summed E-state index contributed by atoms with van der Waals surface area (Å²) in [4.78, 5) is 15.7. The van der Waals surface area contributed by atoms with Crippen LogP contribution in [0.15, 0.2) is 24.4 Å². The maximum Gasteiger partial charge on any atom is 0.249 e. The van der Waals surface area contributed by atoms with Gasteiger partial charge in [0.2, 0.25) is 5.91 Å². The first-order chi connectivity index (χ1) is 7.15. The predicted molar refractivity (Wildman–Crippen MR) is 57.3 cm³/mol. The van der Waals surface area contributed by atoms with Gasteiger partial charge in [-0.1, -0.05) is 6.07 Å². The van der Waals surface area contributed by atoms with Gasteiger partial charge in [-0.3, -0.25) is 9.78 Å². The number of methoxy groups -OCH3 is 1. The van der Waals surface area contributed by atoms with Gasteiger partial charge in [0.25, 0.3) is 0 Å². The van der Waals surface area contributed by atoms with Gasteiger partial charge in [-0.15, -0.1) is 0 Å². The molecular weight excluding hydrogens is 192 g/mol. The molecular formula is C11H16N2O2. The van der Waals surface area contributed by atoms with Crippen LogP contribution in [0.25, 0.3) is 0 Å². The van der Waals surface area contributed by atoms with E-state index in [0.29, 0.717) is 0 Å². The number of nitrogens with one attached hydrogen (secondary N) is 1. The Morgan fingerprint density at radius 3 is 2.73 bits per heavy atom. The molecule has 1 aromatic heterocycles. The van der Waals surface area contributed by atoms with Crippen LogP contribution in [0.4, 0.5) is 0 Å². The summed E-state index contributed by atoms with van der Waals surface area (Å²) in [5.74, 6) is -0.129. The standard InChI is InChI=1S/C11H16N2O2/c1-8(10-6-4-5-7-12-10)13-11(14)9(2)15-3/h4-9H,1-3H3,(H,13,14)/t8-,9?/m1/s1. The molecule has 0 aliphatic carbocycles. The second-order valence-corrected chi connectivity index (χ2v) is 3.36. The fourth-order valence-corrected chi connectivity index (χ4v) is 1.14. The summed E-state index contributed by atoms with van der Waals surface area (Å²) >= 11 is 0. The Morgan fingerprint density at radius 2 is 2.20 bits per heavy atom. The molecule has 1 N–H and O–H groups in total. The van der Waals surface area contributed by atoms with Gasteiger partial charge in [0.15, 0.2) is 0 Å². The molecule has 1 amide bonds. The maximum absolute atomic E-state index is 11.5. The SMILES string of the molecule is COC(C)C(=O)N[C@H](C)c1ccccn1. The van der Waals surface area contributed by atoms with Crippen molar-refractivity contribution in [3.63, 3.8) is 0 Å². The molecule has 0 aromatic carbocycles. The van der Waals surface area contributed by atoms with E-state index in [2.05, 4.69) is 10.3 Å². The van der Waals surface area contributed by atoms with Crippen LogP contribution in [0, 0.1) is 0 Å². The molecule has 1 unspecified atom stereocenters. The minimum absolute atomic E-state index is 0.101. The number of carbonyl (C=O) groups excluding carboxylic acids is 1. The van der Waals surface area contributed by atoms with E-state index in [9.17, 15) is 4.79 Å². The lowest BCUT2D eigenvalue weighted by molar-refractivity contribution is -0.130. The largest absolute Gasteiger partial charge is 0.372 e. The Morgan fingerprint density at radius 1 is 1.47 bits per heavy atom. The van der Waals surface area contributed by atoms with E-state index in [4.69, 9.17) is 4.74 Å². The molecule has 4 heteroatoms. The summed E-state index contributed by atoms with van der Waals surface area (Å²) in [5.41, 5.74) is 0.842. The molecule has 0 fully saturated rings. The van der Waals surface area contributed by atoms with Crippen LogP contribution in [-0.2, 0) is 9.53 Å². The fraction of sp³-hybridized carbons (Fsp3) is 0.455. The van der Waals surface area contributed by atoms with E-state index in [1.807, 2.05) is 25.1 Å². The van der Waals surface area contributed by atoms with Crippen molar-refractivity contribution >= 4 is 5.91 Å². The Kier molecular flexibility index (Phi) is 4.24. The molecule has 0 aliphatic heterocycles. The molecule has 0 saturated carbocycles. The molecule has 4 nitrogen and oxygen atoms in total. The average molecular weight is 208 g/mol. The summed E-state index contributed by atoms with van der Waals surface area (Å²) in [7, 11) is 1.51. The van der Waals surface area contributed by atoms with E-state index in [-0.39, 0.29) is 11.9 Å². The second-order valence-electron chi connectivity index (χ2n) is 3.36. The number of hydrogen-bond acceptors (Lipinski definition) is 3. The number of nitrogens with zero attached hydrogens (tertiary/aromatic N) is 1. The topological polar surface area (TPSA) is 51.2 Å². The van der Waals surface area contributed by atoms with Crippen LogP contribution >= 0.6 is 0 Å². The summed E-state index contributed by atoms with van der Waals surface area (Å²) in [5, 5.41) is 2.82. The lowest BCUT2D eigenvalue weighted by Crippen LogP contribution is -2.35. The van der Waals surface area contributed by atoms with Gasteiger partial charge in [-0.25, -0.2) is 0 Å². The number of amides is 1. The molecule has 0 aliphatic rings. The van der Waals surface area contributed by atoms with Gasteiger partial charge >= 0.3 is 0 Å². The van der Waals surface area contributed by atoms with Crippen LogP contribution in [0.3, 0.4) is 0 Å². The van der Waals surface area contributed by atoms with Crippen molar-refractivity contribution in [2.75, 3.05) is 7.11 Å². The van der Waals surface area contributed by atoms with Gasteiger partial charge in [0, 0.05) is 13.3 Å². The van der Waals surface area contributed by atoms with Crippen molar-refractivity contribution in [1.82, 2.24) is 10.3 Å². The third kappa shape index (κ3) is 3.32. The number of aromatic nitrogens is 1. The predicted octanol–water partition coefficient (Wildman–Crippen LogP) is 1.29. The third-order valence-electron chi connectivity index (χ3n) is 2.21. The highest BCUT2D eigenvalue weighted by atomic mass is 16.5. The molecule has 15 heavy (non-hydrogen) atoms. The smallest absolute Gasteiger partial charge is 0.249 e. The molecule has 0 saturated heterocycles. The highest BCUT2D eigenvalue weighted by molar-refractivity contribution is 5.80. The number of rotatable bonds is 4. The summed E-state index contributed by atoms with van der Waals surface area (Å²) in [6.45, 7) is 3.60. The second kappa shape index (κ2) is 5.46. The molecule has 1 aromatic rings. The Hall–Kier alpha value is -1.42. The monoisotopic (exact) mass is 208 g/mol. The summed E-state index contributed by atoms with van der Waals surface area (Å²) in [6.07, 6.45) is 1.27. The van der Waals surface area contributed by atoms with E-state index in [1.165, 1.54) is 7.11 Å². The first kappa shape index (κ1) is 11.7. The molecule has 1 rings (SSSR count). The zero-order chi connectivity index (χ0) is 11.3. The van der Waals surface area contributed by atoms with Gasteiger partial charge in [0.05, 0.1) is 11.7 Å². The molecule has 82 valence electrons. The quantitative estimate of drug-likeness (QED) is 0.811. The van der Waals surface area contributed by atoms with Crippen LogP contribution < -0.4 is 5.32 Å². The van der Waals surface area contributed by atoms with Gasteiger partial charge in [-0.05, 0) is 26.0 Å². The number of hydrogen-bond donors (Lipinski definition) is 1. The van der Waals surface area contributed by atoms with Crippen molar-refractivity contribution < 1.29 is 9.53 Å². The average Bonchev–Trinajstić information content (AvgIpc) is 2.29. The molecule has 0 spiro atoms. The minimum atomic E-state index is -0.434. The summed E-state index contributed by atoms with van der Waals surface area (Å²) in [6, 6.07) is 5.51. The maximum atomic E-state index is 11.5. The van der Waals surface area contributed by atoms with Gasteiger partial charge in [0.1, 0.15) is 6.10 Å². The van der Waals surface area contributed by atoms with Crippen molar-refractivity contribution in [3.8, 4) is 0 Å². The van der Waals surface area contributed by atoms with E-state index in [0.717, 1.165) is 5.69 Å². The highest BCUT2D eigenvalue weighted by Gasteiger charge is 2.15. The zero-order valence-corrected chi connectivity index (χ0v) is 9.23. The van der Waals surface area contributed by atoms with Crippen LogP contribution in [-0.4, -0.2) is 24.1 Å². The van der Waals surface area contributed by atoms with Crippen molar-refractivity contribution in [3.05, 3.63) is 30.1 Å². The van der Waals surface area contributed by atoms with E-state index >= 15 is 0 Å². The zero-order valence-electron chi connectivity index (χ0n) is 9.23. The van der Waals surface area contributed by atoms with Crippen LogP contribution in [0.5, 0.6) is 0 Å². The molecule has 2 atom stereocenters. The van der Waals surface area contributed by atoms with Gasteiger partial charge in [-0.2, -0.15) is 0 Å². The summed E-state index contributed by atoms with van der Waals surface area (Å²) < 4.78 is 4.92. The number of ether oxygens (including phenoxy) is 1. The normalized spacial score (nSPS) is 14.3. The highest BCUT2D eigenvalue weighted by Crippen LogP contribution is 2.08. The molecule has 1 heterocycles. The fourth-order valence-electron chi connectivity index (χ4n) is 1.14. The van der Waals surface area contributed by atoms with Crippen LogP contribution in [0.1, 0.15) is 25.6 Å². The van der Waals surface area contributed by atoms with E-state index in [1.54, 1.807) is 13.1 Å². The Balaban J connectivity index is 2.56. The molecule has 0 bridgehead atoms. The van der Waals surface area contributed by atoms with Crippen molar-refractivity contribution in [2.45, 2.75) is 26.0 Å². The van der Waals surface area contributed by atoms with Crippen LogP contribution in [0.2, 0.25) is 0 Å². The Labute approximate surface area is 89.7 Å². The van der Waals surface area contributed by atoms with Gasteiger partial charge < -0.3 is 10.1 Å². The third-order valence-corrected chi connectivity index (χ3v) is 2.21. The lowest BCUT2D eigenvalue weighted by atomic mass is 10.2.